The summed E-state index contributed by atoms with van der Waals surface area (Å²) in [6, 6.07) is 0. The standard InChI is InChI=1S/C12H21NO2S/c1-4-12-11(3)13(10-16-12)6-7-15-9-8-14-5-2/h4H,1,5-10H2,2-3H3. The summed E-state index contributed by atoms with van der Waals surface area (Å²) in [5.74, 6) is 1.02. The van der Waals surface area contributed by atoms with E-state index in [4.69, 9.17) is 9.47 Å². The maximum atomic E-state index is 5.49. The number of thioether (sulfide) groups is 1. The average Bonchev–Trinajstić information content (AvgIpc) is 2.65. The van der Waals surface area contributed by atoms with Crippen molar-refractivity contribution >= 4 is 11.8 Å². The largest absolute Gasteiger partial charge is 0.379 e. The van der Waals surface area contributed by atoms with Gasteiger partial charge in [-0.05, 0) is 13.8 Å². The first-order valence-electron chi connectivity index (χ1n) is 5.66. The summed E-state index contributed by atoms with van der Waals surface area (Å²) < 4.78 is 10.7. The second kappa shape index (κ2) is 7.76. The van der Waals surface area contributed by atoms with Crippen LogP contribution < -0.4 is 0 Å². The Hall–Kier alpha value is -0.450. The quantitative estimate of drug-likeness (QED) is 0.610. The van der Waals surface area contributed by atoms with Gasteiger partial charge in [-0.1, -0.05) is 12.7 Å². The molecule has 0 radical (unpaired) electrons. The van der Waals surface area contributed by atoms with Crippen LogP contribution in [0.3, 0.4) is 0 Å². The third-order valence-corrected chi connectivity index (χ3v) is 3.69. The summed E-state index contributed by atoms with van der Waals surface area (Å²) >= 11 is 1.84. The van der Waals surface area contributed by atoms with Crippen LogP contribution in [0.1, 0.15) is 13.8 Å². The van der Waals surface area contributed by atoms with Gasteiger partial charge in [0.15, 0.2) is 0 Å². The van der Waals surface area contributed by atoms with Crippen LogP contribution in [0.25, 0.3) is 0 Å². The first kappa shape index (κ1) is 13.6. The van der Waals surface area contributed by atoms with Gasteiger partial charge in [0, 0.05) is 23.8 Å². The zero-order chi connectivity index (χ0) is 11.8. The second-order valence-electron chi connectivity index (χ2n) is 3.50. The van der Waals surface area contributed by atoms with Crippen molar-refractivity contribution < 1.29 is 9.47 Å². The molecule has 1 rings (SSSR count). The SMILES string of the molecule is C=CC1=C(C)N(CCOCCOCC)CS1. The van der Waals surface area contributed by atoms with Crippen molar-refractivity contribution in [2.75, 3.05) is 38.8 Å². The summed E-state index contributed by atoms with van der Waals surface area (Å²) in [5, 5.41) is 0. The number of hydrogen-bond acceptors (Lipinski definition) is 4. The Bertz CT molecular complexity index is 253. The lowest BCUT2D eigenvalue weighted by Crippen LogP contribution is -2.23. The third kappa shape index (κ3) is 4.20. The fourth-order valence-electron chi connectivity index (χ4n) is 1.48. The minimum Gasteiger partial charge on any atom is -0.379 e. The molecule has 0 spiro atoms. The van der Waals surface area contributed by atoms with Gasteiger partial charge in [0.2, 0.25) is 0 Å². The molecule has 0 bridgehead atoms. The van der Waals surface area contributed by atoms with E-state index in [9.17, 15) is 0 Å². The highest BCUT2D eigenvalue weighted by atomic mass is 32.2. The molecule has 0 fully saturated rings. The van der Waals surface area contributed by atoms with Crippen LogP contribution >= 0.6 is 11.8 Å². The third-order valence-electron chi connectivity index (χ3n) is 2.47. The summed E-state index contributed by atoms with van der Waals surface area (Å²) in [6.45, 7) is 11.8. The van der Waals surface area contributed by atoms with Crippen molar-refractivity contribution in [3.05, 3.63) is 23.3 Å². The molecule has 1 aliphatic heterocycles. The molecule has 0 atom stereocenters. The van der Waals surface area contributed by atoms with Gasteiger partial charge in [-0.15, -0.1) is 11.8 Å². The van der Waals surface area contributed by atoms with Gasteiger partial charge in [0.05, 0.1) is 25.7 Å². The van der Waals surface area contributed by atoms with Gasteiger partial charge in [0.25, 0.3) is 0 Å². The molecule has 0 aromatic carbocycles. The molecule has 0 aliphatic carbocycles. The van der Waals surface area contributed by atoms with Gasteiger partial charge in [-0.3, -0.25) is 0 Å². The number of ether oxygens (including phenoxy) is 2. The topological polar surface area (TPSA) is 21.7 Å². The lowest BCUT2D eigenvalue weighted by Gasteiger charge is -2.18. The molecule has 16 heavy (non-hydrogen) atoms. The molecule has 0 amide bonds. The number of allylic oxidation sites excluding steroid dienone is 2. The van der Waals surface area contributed by atoms with Gasteiger partial charge in [-0.2, -0.15) is 0 Å². The van der Waals surface area contributed by atoms with Crippen LogP contribution in [0.4, 0.5) is 0 Å². The zero-order valence-corrected chi connectivity index (χ0v) is 11.0. The van der Waals surface area contributed by atoms with E-state index in [-0.39, 0.29) is 0 Å². The maximum Gasteiger partial charge on any atom is 0.0701 e. The van der Waals surface area contributed by atoms with Crippen molar-refractivity contribution in [2.45, 2.75) is 13.8 Å². The summed E-state index contributed by atoms with van der Waals surface area (Å²) in [4.78, 5) is 3.61. The second-order valence-corrected chi connectivity index (χ2v) is 4.49. The average molecular weight is 243 g/mol. The van der Waals surface area contributed by atoms with E-state index in [0.29, 0.717) is 13.2 Å². The molecular formula is C12H21NO2S. The van der Waals surface area contributed by atoms with Gasteiger partial charge in [0.1, 0.15) is 0 Å². The van der Waals surface area contributed by atoms with E-state index in [1.165, 1.54) is 10.6 Å². The van der Waals surface area contributed by atoms with Crippen LogP contribution in [0.2, 0.25) is 0 Å². The monoisotopic (exact) mass is 243 g/mol. The number of nitrogens with zero attached hydrogens (tertiary/aromatic N) is 1. The van der Waals surface area contributed by atoms with E-state index in [2.05, 4.69) is 18.4 Å². The maximum absolute atomic E-state index is 5.49. The lowest BCUT2D eigenvalue weighted by molar-refractivity contribution is 0.0476. The van der Waals surface area contributed by atoms with Crippen LogP contribution in [0.15, 0.2) is 23.3 Å². The Morgan fingerprint density at radius 3 is 2.75 bits per heavy atom. The van der Waals surface area contributed by atoms with Crippen molar-refractivity contribution in [1.29, 1.82) is 0 Å². The van der Waals surface area contributed by atoms with Crippen LogP contribution in [-0.2, 0) is 9.47 Å². The van der Waals surface area contributed by atoms with E-state index >= 15 is 0 Å². The molecule has 0 saturated heterocycles. The summed E-state index contributed by atoms with van der Waals surface area (Å²) in [7, 11) is 0. The Labute approximate surface area is 102 Å². The van der Waals surface area contributed by atoms with E-state index in [1.807, 2.05) is 24.8 Å². The van der Waals surface area contributed by atoms with Crippen molar-refractivity contribution in [3.8, 4) is 0 Å². The highest BCUT2D eigenvalue weighted by Gasteiger charge is 2.16. The van der Waals surface area contributed by atoms with Gasteiger partial charge < -0.3 is 14.4 Å². The predicted molar refractivity (Wildman–Crippen MR) is 69.4 cm³/mol. The van der Waals surface area contributed by atoms with Crippen molar-refractivity contribution in [1.82, 2.24) is 4.90 Å². The molecular weight excluding hydrogens is 222 g/mol. The predicted octanol–water partition coefficient (Wildman–Crippen LogP) is 2.46. The fourth-order valence-corrected chi connectivity index (χ4v) is 2.56. The molecule has 1 heterocycles. The minimum atomic E-state index is 0.686. The highest BCUT2D eigenvalue weighted by molar-refractivity contribution is 8.03. The minimum absolute atomic E-state index is 0.686. The molecule has 0 aromatic rings. The first-order valence-corrected chi connectivity index (χ1v) is 6.64. The number of rotatable bonds is 8. The Balaban J connectivity index is 2.10. The molecule has 92 valence electrons. The molecule has 0 saturated carbocycles. The molecule has 0 N–H and O–H groups in total. The van der Waals surface area contributed by atoms with Crippen LogP contribution in [0.5, 0.6) is 0 Å². The Morgan fingerprint density at radius 1 is 1.38 bits per heavy atom. The molecule has 4 heteroatoms. The fraction of sp³-hybridized carbons (Fsp3) is 0.667. The molecule has 3 nitrogen and oxygen atoms in total. The van der Waals surface area contributed by atoms with Crippen LogP contribution in [-0.4, -0.2) is 43.7 Å². The Kier molecular flexibility index (Phi) is 6.61. The normalized spacial score (nSPS) is 16.0. The van der Waals surface area contributed by atoms with E-state index < -0.39 is 0 Å². The van der Waals surface area contributed by atoms with E-state index in [0.717, 1.165) is 25.6 Å². The Morgan fingerprint density at radius 2 is 2.12 bits per heavy atom. The van der Waals surface area contributed by atoms with E-state index in [1.54, 1.807) is 0 Å². The molecule has 0 unspecified atom stereocenters. The lowest BCUT2D eigenvalue weighted by atomic mass is 10.4. The van der Waals surface area contributed by atoms with Crippen LogP contribution in [0, 0.1) is 0 Å². The summed E-state index contributed by atoms with van der Waals surface area (Å²) in [5.41, 5.74) is 1.31. The van der Waals surface area contributed by atoms with Gasteiger partial charge in [-0.25, -0.2) is 0 Å². The van der Waals surface area contributed by atoms with Crippen molar-refractivity contribution in [2.24, 2.45) is 0 Å². The zero-order valence-electron chi connectivity index (χ0n) is 10.2. The first-order chi connectivity index (χ1) is 7.79. The van der Waals surface area contributed by atoms with Crippen molar-refractivity contribution in [3.63, 3.8) is 0 Å². The number of hydrogen-bond donors (Lipinski definition) is 0. The summed E-state index contributed by atoms with van der Waals surface area (Å²) in [6.07, 6.45) is 1.93. The smallest absolute Gasteiger partial charge is 0.0701 e. The highest BCUT2D eigenvalue weighted by Crippen LogP contribution is 2.31. The van der Waals surface area contributed by atoms with Gasteiger partial charge >= 0.3 is 0 Å². The molecule has 0 aromatic heterocycles. The molecule has 1 aliphatic rings.